The topological polar surface area (TPSA) is 144 Å². The van der Waals surface area contributed by atoms with Gasteiger partial charge in [-0.05, 0) is 17.9 Å². The number of thioether (sulfide) groups is 1. The van der Waals surface area contributed by atoms with Crippen LogP contribution in [0.5, 0.6) is 0 Å². The molecule has 4 N–H and O–H groups in total. The second-order valence-electron chi connectivity index (χ2n) is 5.39. The number of hydrogen-bond acceptors (Lipinski definition) is 8. The van der Waals surface area contributed by atoms with Gasteiger partial charge in [0, 0.05) is 6.54 Å². The Hall–Kier alpha value is -2.66. The lowest BCUT2D eigenvalue weighted by Gasteiger charge is -2.10. The SMILES string of the molecule is CCCn1c(N)c(C(=O)CSc2nc3sccc3c(=O)[nH]2)c(=O)[nH]c1=O. The average Bonchev–Trinajstić information content (AvgIpc) is 3.05. The highest BCUT2D eigenvalue weighted by Crippen LogP contribution is 2.20. The molecule has 0 saturated heterocycles. The van der Waals surface area contributed by atoms with Crippen molar-refractivity contribution in [2.24, 2.45) is 0 Å². The fourth-order valence-corrected chi connectivity index (χ4v) is 3.98. The molecule has 3 rings (SSSR count). The predicted octanol–water partition coefficient (Wildman–Crippen LogP) is 0.802. The number of H-pyrrole nitrogens is 2. The molecule has 0 amide bonds. The van der Waals surface area contributed by atoms with Gasteiger partial charge in [0.25, 0.3) is 11.1 Å². The van der Waals surface area contributed by atoms with Crippen molar-refractivity contribution in [1.82, 2.24) is 19.5 Å². The summed E-state index contributed by atoms with van der Waals surface area (Å²) in [6, 6.07) is 1.67. The predicted molar refractivity (Wildman–Crippen MR) is 101 cm³/mol. The molecule has 0 fully saturated rings. The summed E-state index contributed by atoms with van der Waals surface area (Å²) >= 11 is 2.31. The van der Waals surface area contributed by atoms with Gasteiger partial charge in [0.05, 0.1) is 11.1 Å². The molecule has 3 aromatic rings. The van der Waals surface area contributed by atoms with Gasteiger partial charge in [-0.2, -0.15) is 0 Å². The zero-order chi connectivity index (χ0) is 18.8. The van der Waals surface area contributed by atoms with Gasteiger partial charge in [-0.1, -0.05) is 18.7 Å². The van der Waals surface area contributed by atoms with Crippen molar-refractivity contribution >= 4 is 44.9 Å². The quantitative estimate of drug-likeness (QED) is 0.319. The lowest BCUT2D eigenvalue weighted by atomic mass is 10.2. The molecule has 3 aromatic heterocycles. The number of Topliss-reactive ketones (excluding diaryl/α,β-unsaturated/α-hetero) is 1. The number of rotatable bonds is 6. The van der Waals surface area contributed by atoms with Gasteiger partial charge < -0.3 is 10.7 Å². The summed E-state index contributed by atoms with van der Waals surface area (Å²) < 4.78 is 1.16. The molecule has 26 heavy (non-hydrogen) atoms. The summed E-state index contributed by atoms with van der Waals surface area (Å²) in [6.45, 7) is 2.13. The van der Waals surface area contributed by atoms with Crippen molar-refractivity contribution in [3.05, 3.63) is 48.2 Å². The van der Waals surface area contributed by atoms with Crippen LogP contribution in [0.25, 0.3) is 10.2 Å². The molecule has 0 saturated carbocycles. The van der Waals surface area contributed by atoms with Gasteiger partial charge in [-0.25, -0.2) is 9.78 Å². The van der Waals surface area contributed by atoms with E-state index < -0.39 is 17.0 Å². The second-order valence-corrected chi connectivity index (χ2v) is 7.25. The number of hydrogen-bond donors (Lipinski definition) is 3. The van der Waals surface area contributed by atoms with Crippen LogP contribution >= 0.6 is 23.1 Å². The van der Waals surface area contributed by atoms with Crippen molar-refractivity contribution in [1.29, 1.82) is 0 Å². The molecule has 9 nitrogen and oxygen atoms in total. The molecular weight excluding hydrogens is 378 g/mol. The molecule has 3 heterocycles. The number of carbonyl (C=O) groups is 1. The molecule has 0 aliphatic rings. The first-order valence-electron chi connectivity index (χ1n) is 7.68. The lowest BCUT2D eigenvalue weighted by molar-refractivity contribution is 0.102. The first-order valence-corrected chi connectivity index (χ1v) is 9.55. The van der Waals surface area contributed by atoms with Gasteiger partial charge >= 0.3 is 5.69 Å². The first-order chi connectivity index (χ1) is 12.4. The van der Waals surface area contributed by atoms with E-state index in [1.165, 1.54) is 11.3 Å². The Labute approximate surface area is 154 Å². The minimum atomic E-state index is -0.819. The van der Waals surface area contributed by atoms with Crippen LogP contribution in [0.2, 0.25) is 0 Å². The Bertz CT molecular complexity index is 1160. The maximum atomic E-state index is 12.5. The fraction of sp³-hybridized carbons (Fsp3) is 0.267. The zero-order valence-corrected chi connectivity index (χ0v) is 15.3. The Morgan fingerprint density at radius 3 is 2.81 bits per heavy atom. The number of nitrogen functional groups attached to an aromatic ring is 1. The van der Waals surface area contributed by atoms with Gasteiger partial charge in [0.15, 0.2) is 10.9 Å². The molecule has 0 aliphatic heterocycles. The standard InChI is InChI=1S/C15H15N5O4S2/c1-2-4-20-10(16)9(12(23)18-15(20)24)8(21)6-26-14-17-11(22)7-3-5-25-13(7)19-14/h3,5H,2,4,6,16H2,1H3,(H,17,19,22)(H,18,23,24). The molecule has 0 aromatic carbocycles. The normalized spacial score (nSPS) is 11.1. The fourth-order valence-electron chi connectivity index (χ4n) is 2.42. The molecule has 0 radical (unpaired) electrons. The highest BCUT2D eigenvalue weighted by Gasteiger charge is 2.19. The lowest BCUT2D eigenvalue weighted by Crippen LogP contribution is -2.36. The van der Waals surface area contributed by atoms with Gasteiger partial charge in [-0.3, -0.25) is 23.9 Å². The largest absolute Gasteiger partial charge is 0.384 e. The summed E-state index contributed by atoms with van der Waals surface area (Å²) in [6.07, 6.45) is 0.616. The second kappa shape index (κ2) is 7.30. The summed E-state index contributed by atoms with van der Waals surface area (Å²) in [5.74, 6) is -0.855. The number of aromatic amines is 2. The summed E-state index contributed by atoms with van der Waals surface area (Å²) in [4.78, 5) is 57.8. The van der Waals surface area contributed by atoms with E-state index in [9.17, 15) is 19.2 Å². The third-order valence-electron chi connectivity index (χ3n) is 3.62. The van der Waals surface area contributed by atoms with Gasteiger partial charge in [0.1, 0.15) is 16.2 Å². The Morgan fingerprint density at radius 1 is 1.31 bits per heavy atom. The number of thiophene rings is 1. The number of nitrogens with two attached hydrogens (primary N) is 1. The maximum Gasteiger partial charge on any atom is 0.329 e. The smallest absolute Gasteiger partial charge is 0.329 e. The van der Waals surface area contributed by atoms with E-state index in [0.29, 0.717) is 23.2 Å². The Kier molecular flexibility index (Phi) is 5.09. The highest BCUT2D eigenvalue weighted by atomic mass is 32.2. The van der Waals surface area contributed by atoms with E-state index in [-0.39, 0.29) is 27.8 Å². The van der Waals surface area contributed by atoms with Crippen molar-refractivity contribution in [3.8, 4) is 0 Å². The molecule has 136 valence electrons. The molecule has 0 unspecified atom stereocenters. The third kappa shape index (κ3) is 3.35. The van der Waals surface area contributed by atoms with Crippen LogP contribution in [0.4, 0.5) is 5.82 Å². The molecule has 0 bridgehead atoms. The zero-order valence-electron chi connectivity index (χ0n) is 13.7. The minimum Gasteiger partial charge on any atom is -0.384 e. The van der Waals surface area contributed by atoms with E-state index in [4.69, 9.17) is 5.73 Å². The maximum absolute atomic E-state index is 12.5. The van der Waals surface area contributed by atoms with Crippen molar-refractivity contribution in [2.45, 2.75) is 25.0 Å². The molecular formula is C15H15N5O4S2. The molecule has 11 heteroatoms. The number of anilines is 1. The number of fused-ring (bicyclic) bond motifs is 1. The summed E-state index contributed by atoms with van der Waals surface area (Å²) in [5.41, 5.74) is 3.85. The van der Waals surface area contributed by atoms with Crippen molar-refractivity contribution in [2.75, 3.05) is 11.5 Å². The van der Waals surface area contributed by atoms with Crippen LogP contribution in [0.1, 0.15) is 23.7 Å². The van der Waals surface area contributed by atoms with E-state index >= 15 is 0 Å². The first kappa shape index (κ1) is 18.1. The van der Waals surface area contributed by atoms with Gasteiger partial charge in [-0.15, -0.1) is 11.3 Å². The number of carbonyl (C=O) groups excluding carboxylic acids is 1. The van der Waals surface area contributed by atoms with E-state index in [0.717, 1.165) is 16.3 Å². The molecule has 0 aliphatic carbocycles. The minimum absolute atomic E-state index is 0.152. The van der Waals surface area contributed by atoms with Gasteiger partial charge in [0.2, 0.25) is 0 Å². The average molecular weight is 393 g/mol. The number of aromatic nitrogens is 4. The number of nitrogens with one attached hydrogen (secondary N) is 2. The Balaban J connectivity index is 1.88. The molecule has 0 spiro atoms. The molecule has 0 atom stereocenters. The third-order valence-corrected chi connectivity index (χ3v) is 5.30. The van der Waals surface area contributed by atoms with Crippen LogP contribution in [-0.4, -0.2) is 31.1 Å². The monoisotopic (exact) mass is 393 g/mol. The van der Waals surface area contributed by atoms with E-state index in [1.54, 1.807) is 11.4 Å². The number of ketones is 1. The van der Waals surface area contributed by atoms with Crippen molar-refractivity contribution in [3.63, 3.8) is 0 Å². The van der Waals surface area contributed by atoms with E-state index in [2.05, 4.69) is 15.0 Å². The summed E-state index contributed by atoms with van der Waals surface area (Å²) in [7, 11) is 0. The van der Waals surface area contributed by atoms with Crippen LogP contribution < -0.4 is 22.5 Å². The number of nitrogens with zero attached hydrogens (tertiary/aromatic N) is 2. The summed E-state index contributed by atoms with van der Waals surface area (Å²) in [5, 5.41) is 2.51. The van der Waals surface area contributed by atoms with E-state index in [1.807, 2.05) is 6.92 Å². The Morgan fingerprint density at radius 2 is 2.08 bits per heavy atom. The van der Waals surface area contributed by atoms with Crippen LogP contribution in [0, 0.1) is 0 Å². The van der Waals surface area contributed by atoms with Crippen molar-refractivity contribution < 1.29 is 4.79 Å². The van der Waals surface area contributed by atoms with Crippen LogP contribution in [0.3, 0.4) is 0 Å². The highest BCUT2D eigenvalue weighted by molar-refractivity contribution is 7.99. The van der Waals surface area contributed by atoms with Crippen LogP contribution in [-0.2, 0) is 6.54 Å². The van der Waals surface area contributed by atoms with Crippen LogP contribution in [0.15, 0.2) is 31.0 Å².